The van der Waals surface area contributed by atoms with E-state index in [1.54, 1.807) is 18.2 Å². The molecule has 1 unspecified atom stereocenters. The number of carbonyl (C=O) groups is 3. The predicted octanol–water partition coefficient (Wildman–Crippen LogP) is 3.29. The molecule has 2 aromatic carbocycles. The summed E-state index contributed by atoms with van der Waals surface area (Å²) in [4.78, 5) is 45.2. The van der Waals surface area contributed by atoms with Crippen LogP contribution in [0.25, 0.3) is 10.9 Å². The van der Waals surface area contributed by atoms with E-state index in [-0.39, 0.29) is 36.1 Å². The zero-order valence-electron chi connectivity index (χ0n) is 22.6. The third-order valence-electron chi connectivity index (χ3n) is 8.61. The summed E-state index contributed by atoms with van der Waals surface area (Å²) in [5, 5.41) is 3.13. The maximum atomic E-state index is 15.1. The minimum Gasteiger partial charge on any atom is -0.489 e. The number of aromatic nitrogens is 1. The van der Waals surface area contributed by atoms with Crippen molar-refractivity contribution in [3.05, 3.63) is 70.7 Å². The van der Waals surface area contributed by atoms with E-state index >= 15 is 4.39 Å². The van der Waals surface area contributed by atoms with Crippen LogP contribution in [-0.4, -0.2) is 71.0 Å². The average molecular weight is 559 g/mol. The topological polar surface area (TPSA) is 101 Å². The molecule has 0 radical (unpaired) electrons. The molecule has 3 saturated heterocycles. The second-order valence-electron chi connectivity index (χ2n) is 11.4. The van der Waals surface area contributed by atoms with Gasteiger partial charge in [0.05, 0.1) is 6.61 Å². The summed E-state index contributed by atoms with van der Waals surface area (Å²) in [7, 11) is 0. The summed E-state index contributed by atoms with van der Waals surface area (Å²) < 4.78 is 26.8. The van der Waals surface area contributed by atoms with Crippen LogP contribution in [0, 0.1) is 5.82 Å². The van der Waals surface area contributed by atoms with Gasteiger partial charge in [0.2, 0.25) is 11.8 Å². The second kappa shape index (κ2) is 10.5. The van der Waals surface area contributed by atoms with Crippen LogP contribution in [0.5, 0.6) is 5.75 Å². The van der Waals surface area contributed by atoms with Crippen LogP contribution in [-0.2, 0) is 27.4 Å². The number of nitrogens with one attached hydrogen (secondary N) is 1. The van der Waals surface area contributed by atoms with Crippen molar-refractivity contribution in [2.75, 3.05) is 26.3 Å². The van der Waals surface area contributed by atoms with Gasteiger partial charge < -0.3 is 14.4 Å². The molecule has 0 spiro atoms. The zero-order chi connectivity index (χ0) is 28.1. The number of hydrogen-bond acceptors (Lipinski definition) is 7. The molecule has 0 saturated carbocycles. The van der Waals surface area contributed by atoms with Gasteiger partial charge in [-0.1, -0.05) is 6.07 Å². The van der Waals surface area contributed by atoms with Crippen molar-refractivity contribution in [2.24, 2.45) is 0 Å². The van der Waals surface area contributed by atoms with Crippen molar-refractivity contribution in [1.82, 2.24) is 20.1 Å². The lowest BCUT2D eigenvalue weighted by atomic mass is 10.0. The van der Waals surface area contributed by atoms with Gasteiger partial charge in [0.25, 0.3) is 5.91 Å². The van der Waals surface area contributed by atoms with Crippen molar-refractivity contribution < 1.29 is 28.2 Å². The number of hydrogen-bond donors (Lipinski definition) is 1. The van der Waals surface area contributed by atoms with E-state index in [1.807, 2.05) is 24.3 Å². The van der Waals surface area contributed by atoms with Crippen LogP contribution in [0.2, 0.25) is 0 Å². The van der Waals surface area contributed by atoms with E-state index in [2.05, 4.69) is 15.2 Å². The first-order valence-electron chi connectivity index (χ1n) is 14.2. The van der Waals surface area contributed by atoms with Crippen LogP contribution >= 0.6 is 0 Å². The highest BCUT2D eigenvalue weighted by molar-refractivity contribution is 6.05. The molecule has 7 rings (SSSR count). The maximum absolute atomic E-state index is 15.1. The van der Waals surface area contributed by atoms with Crippen molar-refractivity contribution in [3.63, 3.8) is 0 Å². The van der Waals surface area contributed by atoms with E-state index in [9.17, 15) is 14.4 Å². The summed E-state index contributed by atoms with van der Waals surface area (Å²) in [6.45, 7) is 3.83. The van der Waals surface area contributed by atoms with E-state index < -0.39 is 11.9 Å². The molecule has 41 heavy (non-hydrogen) atoms. The van der Waals surface area contributed by atoms with Gasteiger partial charge in [0.15, 0.2) is 0 Å². The number of carbonyl (C=O) groups excluding carboxylic acids is 3. The molecule has 212 valence electrons. The predicted molar refractivity (Wildman–Crippen MR) is 147 cm³/mol. The highest BCUT2D eigenvalue weighted by Gasteiger charge is 2.39. The Bertz CT molecular complexity index is 1550. The first-order chi connectivity index (χ1) is 19.9. The molecular formula is C31H31FN4O5. The second-order valence-corrected chi connectivity index (χ2v) is 11.4. The molecule has 0 bridgehead atoms. The minimum atomic E-state index is -0.639. The molecule has 0 aliphatic carbocycles. The Hall–Kier alpha value is -3.89. The Morgan fingerprint density at radius 3 is 2.80 bits per heavy atom. The number of halogens is 1. The number of benzene rings is 2. The zero-order valence-corrected chi connectivity index (χ0v) is 22.6. The van der Waals surface area contributed by atoms with Crippen LogP contribution in [0.3, 0.4) is 0 Å². The van der Waals surface area contributed by atoms with Gasteiger partial charge in [-0.05, 0) is 66.8 Å². The third-order valence-corrected chi connectivity index (χ3v) is 8.61. The first-order valence-corrected chi connectivity index (χ1v) is 14.2. The van der Waals surface area contributed by atoms with E-state index in [4.69, 9.17) is 9.47 Å². The third kappa shape index (κ3) is 5.06. The molecule has 4 aliphatic rings. The summed E-state index contributed by atoms with van der Waals surface area (Å²) in [6.07, 6.45) is 2.28. The monoisotopic (exact) mass is 558 g/mol. The molecule has 1 aromatic heterocycles. The Labute approximate surface area is 236 Å². The van der Waals surface area contributed by atoms with Crippen LogP contribution in [0.15, 0.2) is 42.5 Å². The number of pyridine rings is 1. The minimum absolute atomic E-state index is 0.0282. The SMILES string of the molecule is O=C1CC[C@H](N2Cc3cc(O[C@H]4CCN(Cc5cc(F)c6nc(C7CCOC7)ccc6c5)C4)ccc3C2=O)C(=O)N1. The number of rotatable bonds is 6. The van der Waals surface area contributed by atoms with E-state index in [0.29, 0.717) is 49.5 Å². The average Bonchev–Trinajstić information content (AvgIpc) is 3.70. The number of nitrogens with zero attached hydrogens (tertiary/aromatic N) is 3. The molecule has 3 amide bonds. The van der Waals surface area contributed by atoms with Crippen molar-refractivity contribution >= 4 is 28.6 Å². The van der Waals surface area contributed by atoms with Crippen LogP contribution in [0.4, 0.5) is 4.39 Å². The molecule has 3 aromatic rings. The van der Waals surface area contributed by atoms with Gasteiger partial charge >= 0.3 is 0 Å². The summed E-state index contributed by atoms with van der Waals surface area (Å²) in [6, 6.07) is 12.3. The van der Waals surface area contributed by atoms with Crippen molar-refractivity contribution in [3.8, 4) is 5.75 Å². The molecule has 5 heterocycles. The fourth-order valence-electron chi connectivity index (χ4n) is 6.46. The number of piperidine rings is 1. The van der Waals surface area contributed by atoms with E-state index in [1.165, 1.54) is 4.90 Å². The van der Waals surface area contributed by atoms with Gasteiger partial charge in [-0.25, -0.2) is 9.37 Å². The fourth-order valence-corrected chi connectivity index (χ4v) is 6.46. The largest absolute Gasteiger partial charge is 0.489 e. The molecule has 9 nitrogen and oxygen atoms in total. The van der Waals surface area contributed by atoms with Crippen molar-refractivity contribution in [1.29, 1.82) is 0 Å². The quantitative estimate of drug-likeness (QED) is 0.464. The number of fused-ring (bicyclic) bond motifs is 2. The van der Waals surface area contributed by atoms with Crippen LogP contribution in [0.1, 0.15) is 58.8 Å². The van der Waals surface area contributed by atoms with Gasteiger partial charge in [-0.3, -0.25) is 24.6 Å². The number of imide groups is 1. The Morgan fingerprint density at radius 1 is 1.07 bits per heavy atom. The van der Waals surface area contributed by atoms with Gasteiger partial charge in [-0.2, -0.15) is 0 Å². The fraction of sp³-hybridized carbons (Fsp3) is 0.419. The van der Waals surface area contributed by atoms with E-state index in [0.717, 1.165) is 48.2 Å². The Kier molecular flexibility index (Phi) is 6.67. The highest BCUT2D eigenvalue weighted by atomic mass is 19.1. The number of likely N-dealkylation sites (tertiary alicyclic amines) is 1. The lowest BCUT2D eigenvalue weighted by Gasteiger charge is -2.29. The molecular weight excluding hydrogens is 527 g/mol. The standard InChI is InChI=1S/C31H31FN4O5/c32-25-12-18(11-19-1-4-26(33-29(19)25)20-8-10-40-17-20)14-35-9-7-23(16-35)41-22-2-3-24-21(13-22)15-36(31(24)39)27-5-6-28(37)34-30(27)38/h1-4,11-13,20,23,27H,5-10,14-17H2,(H,34,37,38)/t20?,23-,27-/m0/s1. The Balaban J connectivity index is 0.981. The van der Waals surface area contributed by atoms with Crippen molar-refractivity contribution in [2.45, 2.75) is 56.8 Å². The maximum Gasteiger partial charge on any atom is 0.255 e. The first kappa shape index (κ1) is 26.0. The number of amides is 3. The molecule has 10 heteroatoms. The van der Waals surface area contributed by atoms with Gasteiger partial charge in [0.1, 0.15) is 29.2 Å². The molecule has 3 fully saturated rings. The van der Waals surface area contributed by atoms with Crippen LogP contribution < -0.4 is 10.1 Å². The van der Waals surface area contributed by atoms with Gasteiger partial charge in [0, 0.05) is 61.8 Å². The smallest absolute Gasteiger partial charge is 0.255 e. The highest BCUT2D eigenvalue weighted by Crippen LogP contribution is 2.32. The van der Waals surface area contributed by atoms with Gasteiger partial charge in [-0.15, -0.1) is 0 Å². The number of ether oxygens (including phenoxy) is 2. The summed E-state index contributed by atoms with van der Waals surface area (Å²) in [5.74, 6) is -0.311. The lowest BCUT2D eigenvalue weighted by molar-refractivity contribution is -0.136. The summed E-state index contributed by atoms with van der Waals surface area (Å²) in [5.41, 5.74) is 3.58. The normalized spacial score (nSPS) is 24.8. The summed E-state index contributed by atoms with van der Waals surface area (Å²) >= 11 is 0. The lowest BCUT2D eigenvalue weighted by Crippen LogP contribution is -2.52. The Morgan fingerprint density at radius 2 is 1.98 bits per heavy atom. The molecule has 3 atom stereocenters. The molecule has 4 aliphatic heterocycles. The molecule has 1 N–H and O–H groups in total.